The Morgan fingerprint density at radius 1 is 1.14 bits per heavy atom. The largest absolute Gasteiger partial charge is 0.451 e. The van der Waals surface area contributed by atoms with Crippen molar-refractivity contribution in [2.45, 2.75) is 26.8 Å². The highest BCUT2D eigenvalue weighted by Crippen LogP contribution is 2.28. The Labute approximate surface area is 172 Å². The zero-order valence-electron chi connectivity index (χ0n) is 16.2. The smallest absolute Gasteiger partial charge is 0.350 e. The van der Waals surface area contributed by atoms with Gasteiger partial charge in [-0.25, -0.2) is 14.2 Å². The molecule has 7 heteroatoms. The molecule has 1 amide bonds. The van der Waals surface area contributed by atoms with Crippen LogP contribution in [-0.2, 0) is 22.5 Å². The van der Waals surface area contributed by atoms with Gasteiger partial charge in [-0.2, -0.15) is 0 Å². The lowest BCUT2D eigenvalue weighted by molar-refractivity contribution is -0.124. The van der Waals surface area contributed by atoms with Gasteiger partial charge in [0.05, 0.1) is 5.69 Å². The van der Waals surface area contributed by atoms with E-state index in [1.807, 2.05) is 24.3 Å². The van der Waals surface area contributed by atoms with Crippen LogP contribution in [0.2, 0.25) is 0 Å². The molecule has 1 N–H and O–H groups in total. The number of ether oxygens (including phenoxy) is 1. The van der Waals surface area contributed by atoms with Crippen molar-refractivity contribution in [3.05, 3.63) is 76.0 Å². The number of aryl methyl sites for hydroxylation is 2. The van der Waals surface area contributed by atoms with E-state index in [0.717, 1.165) is 17.0 Å². The molecular formula is C22H21FN2O3S. The average Bonchev–Trinajstić information content (AvgIpc) is 3.13. The van der Waals surface area contributed by atoms with Crippen LogP contribution < -0.4 is 5.32 Å². The summed E-state index contributed by atoms with van der Waals surface area (Å²) < 4.78 is 18.7. The third-order valence-electron chi connectivity index (χ3n) is 4.36. The van der Waals surface area contributed by atoms with Crippen molar-refractivity contribution in [1.29, 1.82) is 0 Å². The van der Waals surface area contributed by atoms with Gasteiger partial charge in [-0.1, -0.05) is 49.4 Å². The van der Waals surface area contributed by atoms with E-state index in [4.69, 9.17) is 4.74 Å². The number of carbonyl (C=O) groups excluding carboxylic acids is 2. The van der Waals surface area contributed by atoms with Crippen LogP contribution in [0.1, 0.15) is 33.4 Å². The summed E-state index contributed by atoms with van der Waals surface area (Å²) >= 11 is 1.23. The molecule has 3 rings (SSSR count). The summed E-state index contributed by atoms with van der Waals surface area (Å²) in [6.07, 6.45) is 0.952. The van der Waals surface area contributed by atoms with E-state index < -0.39 is 24.3 Å². The van der Waals surface area contributed by atoms with Crippen LogP contribution in [0.3, 0.4) is 0 Å². The Morgan fingerprint density at radius 3 is 2.55 bits per heavy atom. The summed E-state index contributed by atoms with van der Waals surface area (Å²) in [4.78, 5) is 29.1. The second-order valence-electron chi connectivity index (χ2n) is 6.43. The molecule has 0 spiro atoms. The molecule has 0 saturated heterocycles. The molecule has 0 saturated carbocycles. The maximum absolute atomic E-state index is 13.6. The number of hydrogen-bond acceptors (Lipinski definition) is 5. The number of benzene rings is 2. The van der Waals surface area contributed by atoms with Crippen molar-refractivity contribution in [1.82, 2.24) is 10.3 Å². The fraction of sp³-hybridized carbons (Fsp3) is 0.227. The van der Waals surface area contributed by atoms with E-state index >= 15 is 0 Å². The van der Waals surface area contributed by atoms with Gasteiger partial charge in [0, 0.05) is 17.7 Å². The number of carbonyl (C=O) groups is 2. The summed E-state index contributed by atoms with van der Waals surface area (Å²) in [5, 5.41) is 3.26. The SMILES string of the molecule is CCc1ccc(-c2nc(C)c(C(=O)OCC(=O)NCc3ccccc3F)s2)cc1. The van der Waals surface area contributed by atoms with Gasteiger partial charge < -0.3 is 10.1 Å². The number of nitrogens with one attached hydrogen (secondary N) is 1. The number of aromatic nitrogens is 1. The van der Waals surface area contributed by atoms with E-state index in [-0.39, 0.29) is 6.54 Å². The van der Waals surface area contributed by atoms with Crippen molar-refractivity contribution >= 4 is 23.2 Å². The lowest BCUT2D eigenvalue weighted by Crippen LogP contribution is -2.28. The highest BCUT2D eigenvalue weighted by molar-refractivity contribution is 7.17. The predicted molar refractivity (Wildman–Crippen MR) is 110 cm³/mol. The van der Waals surface area contributed by atoms with Crippen LogP contribution in [0.5, 0.6) is 0 Å². The van der Waals surface area contributed by atoms with Crippen molar-refractivity contribution in [2.75, 3.05) is 6.61 Å². The lowest BCUT2D eigenvalue weighted by Gasteiger charge is -2.07. The highest BCUT2D eigenvalue weighted by Gasteiger charge is 2.18. The van der Waals surface area contributed by atoms with Gasteiger partial charge in [0.1, 0.15) is 15.7 Å². The fourth-order valence-corrected chi connectivity index (χ4v) is 3.64. The molecule has 3 aromatic rings. The molecule has 0 aliphatic carbocycles. The third-order valence-corrected chi connectivity index (χ3v) is 5.55. The summed E-state index contributed by atoms with van der Waals surface area (Å²) in [6.45, 7) is 3.41. The van der Waals surface area contributed by atoms with Crippen LogP contribution in [0.4, 0.5) is 4.39 Å². The maximum atomic E-state index is 13.6. The Kier molecular flexibility index (Phi) is 6.72. The topological polar surface area (TPSA) is 68.3 Å². The summed E-state index contributed by atoms with van der Waals surface area (Å²) in [5.41, 5.74) is 3.07. The van der Waals surface area contributed by atoms with Crippen LogP contribution in [0.25, 0.3) is 10.6 Å². The van der Waals surface area contributed by atoms with Crippen molar-refractivity contribution in [2.24, 2.45) is 0 Å². The molecule has 0 radical (unpaired) electrons. The fourth-order valence-electron chi connectivity index (χ4n) is 2.68. The zero-order chi connectivity index (χ0) is 20.8. The molecule has 1 aromatic heterocycles. The number of amides is 1. The first-order valence-electron chi connectivity index (χ1n) is 9.22. The number of rotatable bonds is 7. The molecule has 2 aromatic carbocycles. The number of hydrogen-bond donors (Lipinski definition) is 1. The van der Waals surface area contributed by atoms with E-state index in [1.54, 1.807) is 25.1 Å². The van der Waals surface area contributed by atoms with Gasteiger partial charge in [-0.05, 0) is 25.0 Å². The van der Waals surface area contributed by atoms with Gasteiger partial charge >= 0.3 is 5.97 Å². The van der Waals surface area contributed by atoms with Crippen molar-refractivity contribution in [3.63, 3.8) is 0 Å². The predicted octanol–water partition coefficient (Wildman–Crippen LogP) is 4.29. The molecule has 5 nitrogen and oxygen atoms in total. The number of halogens is 1. The van der Waals surface area contributed by atoms with E-state index in [2.05, 4.69) is 17.2 Å². The quantitative estimate of drug-likeness (QED) is 0.588. The first kappa shape index (κ1) is 20.7. The molecular weight excluding hydrogens is 391 g/mol. The summed E-state index contributed by atoms with van der Waals surface area (Å²) in [6, 6.07) is 14.2. The molecule has 29 heavy (non-hydrogen) atoms. The normalized spacial score (nSPS) is 10.6. The minimum Gasteiger partial charge on any atom is -0.451 e. The summed E-state index contributed by atoms with van der Waals surface area (Å²) in [7, 11) is 0. The van der Waals surface area contributed by atoms with Crippen LogP contribution in [-0.4, -0.2) is 23.5 Å². The second-order valence-corrected chi connectivity index (χ2v) is 7.43. The van der Waals surface area contributed by atoms with E-state index in [9.17, 15) is 14.0 Å². The molecule has 0 unspecified atom stereocenters. The third kappa shape index (κ3) is 5.26. The lowest BCUT2D eigenvalue weighted by atomic mass is 10.1. The van der Waals surface area contributed by atoms with Gasteiger partial charge in [-0.15, -0.1) is 11.3 Å². The van der Waals surface area contributed by atoms with Crippen LogP contribution >= 0.6 is 11.3 Å². The first-order chi connectivity index (χ1) is 14.0. The van der Waals surface area contributed by atoms with E-state index in [0.29, 0.717) is 16.1 Å². The number of nitrogens with zero attached hydrogens (tertiary/aromatic N) is 1. The minimum atomic E-state index is -0.600. The molecule has 0 aliphatic rings. The average molecular weight is 412 g/mol. The van der Waals surface area contributed by atoms with Gasteiger partial charge in [0.2, 0.25) is 0 Å². The molecule has 150 valence electrons. The first-order valence-corrected chi connectivity index (χ1v) is 10.0. The maximum Gasteiger partial charge on any atom is 0.350 e. The van der Waals surface area contributed by atoms with Crippen molar-refractivity contribution in [3.8, 4) is 10.6 Å². The monoisotopic (exact) mass is 412 g/mol. The van der Waals surface area contributed by atoms with Crippen LogP contribution in [0.15, 0.2) is 48.5 Å². The summed E-state index contributed by atoms with van der Waals surface area (Å²) in [5.74, 6) is -1.50. The zero-order valence-corrected chi connectivity index (χ0v) is 17.0. The molecule has 0 bridgehead atoms. The highest BCUT2D eigenvalue weighted by atomic mass is 32.1. The second kappa shape index (κ2) is 9.43. The van der Waals surface area contributed by atoms with Gasteiger partial charge in [0.25, 0.3) is 5.91 Å². The number of esters is 1. The molecule has 0 atom stereocenters. The minimum absolute atomic E-state index is 0.0283. The molecule has 0 fully saturated rings. The van der Waals surface area contributed by atoms with Gasteiger partial charge in [-0.3, -0.25) is 4.79 Å². The molecule has 0 aliphatic heterocycles. The Bertz CT molecular complexity index is 1020. The Hall–Kier alpha value is -3.06. The van der Waals surface area contributed by atoms with Crippen molar-refractivity contribution < 1.29 is 18.7 Å². The Morgan fingerprint density at radius 2 is 1.86 bits per heavy atom. The Balaban J connectivity index is 1.57. The van der Waals surface area contributed by atoms with E-state index in [1.165, 1.54) is 23.0 Å². The van der Waals surface area contributed by atoms with Crippen LogP contribution in [0, 0.1) is 12.7 Å². The standard InChI is InChI=1S/C22H21FN2O3S/c1-3-15-8-10-16(11-9-15)21-25-14(2)20(29-21)22(27)28-13-19(26)24-12-17-6-4-5-7-18(17)23/h4-11H,3,12-13H2,1-2H3,(H,24,26). The molecule has 1 heterocycles. The van der Waals surface area contributed by atoms with Gasteiger partial charge in [0.15, 0.2) is 6.61 Å². The number of thiazole rings is 1.